The molecular weight excluding hydrogens is 330 g/mol. The number of aliphatic hydroxyl groups excluding tert-OH is 1. The molecule has 0 radical (unpaired) electrons. The second-order valence-corrected chi connectivity index (χ2v) is 5.98. The van der Waals surface area contributed by atoms with E-state index in [1.165, 1.54) is 6.07 Å². The third kappa shape index (κ3) is 3.51. The number of aliphatic hydroxyl groups is 1. The van der Waals surface area contributed by atoms with Gasteiger partial charge >= 0.3 is 0 Å². The summed E-state index contributed by atoms with van der Waals surface area (Å²) in [6, 6.07) is 7.19. The smallest absolute Gasteiger partial charge is 0.251 e. The zero-order valence-corrected chi connectivity index (χ0v) is 13.3. The van der Waals surface area contributed by atoms with Crippen LogP contribution < -0.4 is 10.6 Å². The van der Waals surface area contributed by atoms with Crippen LogP contribution >= 0.6 is 0 Å². The quantitative estimate of drug-likeness (QED) is 0.795. The highest BCUT2D eigenvalue weighted by Crippen LogP contribution is 2.24. The number of hydrogen-bond donors (Lipinski definition) is 3. The molecule has 0 saturated heterocycles. The van der Waals surface area contributed by atoms with Gasteiger partial charge in [-0.05, 0) is 42.3 Å². The third-order valence-corrected chi connectivity index (χ3v) is 4.11. The predicted octanol–water partition coefficient (Wildman–Crippen LogP) is 2.31. The van der Waals surface area contributed by atoms with Gasteiger partial charge in [0.15, 0.2) is 11.6 Å². The lowest BCUT2D eigenvalue weighted by molar-refractivity contribution is -0.115. The first-order valence-corrected chi connectivity index (χ1v) is 7.72. The van der Waals surface area contributed by atoms with Crippen molar-refractivity contribution < 1.29 is 23.5 Å². The Kier molecular flexibility index (Phi) is 4.50. The SMILES string of the molecule is CC(NC(=O)c1ccc2c(c1)NC(=O)C2)C(O)c1ccc(F)c(F)c1. The molecule has 2 aromatic rings. The number of fused-ring (bicyclic) bond motifs is 1. The zero-order valence-electron chi connectivity index (χ0n) is 13.3. The van der Waals surface area contributed by atoms with Gasteiger partial charge in [0.1, 0.15) is 0 Å². The molecule has 0 aromatic heterocycles. The maximum absolute atomic E-state index is 13.3. The molecule has 0 bridgehead atoms. The molecule has 0 fully saturated rings. The number of halogens is 2. The highest BCUT2D eigenvalue weighted by molar-refractivity contribution is 6.02. The zero-order chi connectivity index (χ0) is 18.1. The fourth-order valence-electron chi connectivity index (χ4n) is 2.71. The second kappa shape index (κ2) is 6.60. The third-order valence-electron chi connectivity index (χ3n) is 4.11. The Balaban J connectivity index is 1.71. The molecule has 130 valence electrons. The van der Waals surface area contributed by atoms with Crippen LogP contribution in [0.2, 0.25) is 0 Å². The minimum atomic E-state index is -1.20. The van der Waals surface area contributed by atoms with Crippen LogP contribution in [-0.2, 0) is 11.2 Å². The van der Waals surface area contributed by atoms with Gasteiger partial charge in [0.25, 0.3) is 5.91 Å². The highest BCUT2D eigenvalue weighted by atomic mass is 19.2. The minimum Gasteiger partial charge on any atom is -0.386 e. The van der Waals surface area contributed by atoms with Gasteiger partial charge in [-0.15, -0.1) is 0 Å². The van der Waals surface area contributed by atoms with Crippen LogP contribution in [0, 0.1) is 11.6 Å². The molecule has 3 rings (SSSR count). The molecule has 0 saturated carbocycles. The Morgan fingerprint density at radius 1 is 1.20 bits per heavy atom. The van der Waals surface area contributed by atoms with E-state index in [2.05, 4.69) is 10.6 Å². The van der Waals surface area contributed by atoms with E-state index < -0.39 is 29.7 Å². The summed E-state index contributed by atoms with van der Waals surface area (Å²) in [5, 5.41) is 15.5. The molecule has 2 amide bonds. The maximum atomic E-state index is 13.3. The largest absolute Gasteiger partial charge is 0.386 e. The molecule has 3 N–H and O–H groups in total. The predicted molar refractivity (Wildman–Crippen MR) is 87.0 cm³/mol. The van der Waals surface area contributed by atoms with Crippen LogP contribution in [0.3, 0.4) is 0 Å². The van der Waals surface area contributed by atoms with Gasteiger partial charge in [-0.1, -0.05) is 12.1 Å². The van der Waals surface area contributed by atoms with E-state index in [1.54, 1.807) is 25.1 Å². The molecule has 1 aliphatic rings. The Labute approximate surface area is 142 Å². The summed E-state index contributed by atoms with van der Waals surface area (Å²) >= 11 is 0. The van der Waals surface area contributed by atoms with Crippen molar-refractivity contribution in [3.05, 3.63) is 64.7 Å². The van der Waals surface area contributed by atoms with Gasteiger partial charge in [-0.3, -0.25) is 9.59 Å². The van der Waals surface area contributed by atoms with Crippen LogP contribution in [0.25, 0.3) is 0 Å². The molecule has 1 aliphatic heterocycles. The number of carbonyl (C=O) groups is 2. The minimum absolute atomic E-state index is 0.130. The second-order valence-electron chi connectivity index (χ2n) is 5.98. The van der Waals surface area contributed by atoms with E-state index in [9.17, 15) is 23.5 Å². The van der Waals surface area contributed by atoms with E-state index in [4.69, 9.17) is 0 Å². The van der Waals surface area contributed by atoms with Crippen LogP contribution in [0.4, 0.5) is 14.5 Å². The Hall–Kier alpha value is -2.80. The number of nitrogens with one attached hydrogen (secondary N) is 2. The summed E-state index contributed by atoms with van der Waals surface area (Å²) in [5.41, 5.74) is 1.89. The van der Waals surface area contributed by atoms with E-state index >= 15 is 0 Å². The molecule has 1 heterocycles. The average Bonchev–Trinajstić information content (AvgIpc) is 2.95. The standard InChI is InChI=1S/C18H16F2N2O3/c1-9(17(24)11-4-5-13(19)14(20)6-11)21-18(25)12-3-2-10-8-16(23)22-15(10)7-12/h2-7,9,17,24H,8H2,1H3,(H,21,25)(H,22,23). The van der Waals surface area contributed by atoms with Crippen molar-refractivity contribution in [3.8, 4) is 0 Å². The Bertz CT molecular complexity index is 854. The topological polar surface area (TPSA) is 78.4 Å². The number of hydrogen-bond acceptors (Lipinski definition) is 3. The van der Waals surface area contributed by atoms with Crippen molar-refractivity contribution in [2.75, 3.05) is 5.32 Å². The number of benzene rings is 2. The molecular formula is C18H16F2N2O3. The van der Waals surface area contributed by atoms with Gasteiger partial charge in [-0.2, -0.15) is 0 Å². The molecule has 25 heavy (non-hydrogen) atoms. The van der Waals surface area contributed by atoms with Gasteiger partial charge in [0, 0.05) is 11.3 Å². The summed E-state index contributed by atoms with van der Waals surface area (Å²) in [5.74, 6) is -2.65. The van der Waals surface area contributed by atoms with Crippen molar-refractivity contribution in [2.45, 2.75) is 25.5 Å². The number of anilines is 1. The first-order valence-electron chi connectivity index (χ1n) is 7.72. The Morgan fingerprint density at radius 2 is 1.96 bits per heavy atom. The molecule has 0 spiro atoms. The van der Waals surface area contributed by atoms with Crippen molar-refractivity contribution in [1.29, 1.82) is 0 Å². The average molecular weight is 346 g/mol. The number of carbonyl (C=O) groups excluding carboxylic acids is 2. The molecule has 0 aliphatic carbocycles. The van der Waals surface area contributed by atoms with Gasteiger partial charge < -0.3 is 15.7 Å². The molecule has 7 heteroatoms. The number of rotatable bonds is 4. The van der Waals surface area contributed by atoms with Crippen LogP contribution in [0.5, 0.6) is 0 Å². The first-order chi connectivity index (χ1) is 11.8. The normalized spacial score (nSPS) is 15.3. The fourth-order valence-corrected chi connectivity index (χ4v) is 2.71. The number of amides is 2. The lowest BCUT2D eigenvalue weighted by Crippen LogP contribution is -2.37. The van der Waals surface area contributed by atoms with E-state index in [0.717, 1.165) is 17.7 Å². The summed E-state index contributed by atoms with van der Waals surface area (Å²) in [4.78, 5) is 23.7. The van der Waals surface area contributed by atoms with E-state index in [0.29, 0.717) is 11.3 Å². The molecule has 5 nitrogen and oxygen atoms in total. The molecule has 2 atom stereocenters. The van der Waals surface area contributed by atoms with Crippen molar-refractivity contribution >= 4 is 17.5 Å². The van der Waals surface area contributed by atoms with Crippen LogP contribution in [0.15, 0.2) is 36.4 Å². The van der Waals surface area contributed by atoms with Crippen LogP contribution in [0.1, 0.15) is 34.5 Å². The summed E-state index contributed by atoms with van der Waals surface area (Å²) in [6.45, 7) is 1.55. The van der Waals surface area contributed by atoms with Crippen molar-refractivity contribution in [2.24, 2.45) is 0 Å². The lowest BCUT2D eigenvalue weighted by Gasteiger charge is -2.21. The summed E-state index contributed by atoms with van der Waals surface area (Å²) in [7, 11) is 0. The summed E-state index contributed by atoms with van der Waals surface area (Å²) in [6.07, 6.45) is -0.921. The first kappa shape index (κ1) is 17.0. The van der Waals surface area contributed by atoms with Crippen molar-refractivity contribution in [3.63, 3.8) is 0 Å². The van der Waals surface area contributed by atoms with Gasteiger partial charge in [-0.25, -0.2) is 8.78 Å². The Morgan fingerprint density at radius 3 is 2.68 bits per heavy atom. The van der Waals surface area contributed by atoms with Gasteiger partial charge in [0.2, 0.25) is 5.91 Å². The maximum Gasteiger partial charge on any atom is 0.251 e. The summed E-state index contributed by atoms with van der Waals surface area (Å²) < 4.78 is 26.3. The highest BCUT2D eigenvalue weighted by Gasteiger charge is 2.22. The molecule has 2 aromatic carbocycles. The fraction of sp³-hybridized carbons (Fsp3) is 0.222. The molecule has 2 unspecified atom stereocenters. The van der Waals surface area contributed by atoms with Crippen LogP contribution in [-0.4, -0.2) is 23.0 Å². The van der Waals surface area contributed by atoms with E-state index in [-0.39, 0.29) is 17.9 Å². The van der Waals surface area contributed by atoms with E-state index in [1.807, 2.05) is 0 Å². The van der Waals surface area contributed by atoms with Crippen molar-refractivity contribution in [1.82, 2.24) is 5.32 Å². The lowest BCUT2D eigenvalue weighted by atomic mass is 10.0. The van der Waals surface area contributed by atoms with Gasteiger partial charge in [0.05, 0.1) is 18.6 Å². The monoisotopic (exact) mass is 346 g/mol.